The highest BCUT2D eigenvalue weighted by molar-refractivity contribution is 5.88. The van der Waals surface area contributed by atoms with E-state index in [4.69, 9.17) is 0 Å². The van der Waals surface area contributed by atoms with E-state index in [-0.39, 0.29) is 42.4 Å². The average Bonchev–Trinajstić information content (AvgIpc) is 2.71. The van der Waals surface area contributed by atoms with Gasteiger partial charge in [-0.1, -0.05) is 62.3 Å². The van der Waals surface area contributed by atoms with Gasteiger partial charge in [0.1, 0.15) is 6.04 Å². The van der Waals surface area contributed by atoms with Crippen molar-refractivity contribution < 1.29 is 24.3 Å². The van der Waals surface area contributed by atoms with Crippen LogP contribution in [0.25, 0.3) is 0 Å². The minimum absolute atomic E-state index is 0.00116. The Kier molecular flexibility index (Phi) is 15.1. The van der Waals surface area contributed by atoms with Crippen molar-refractivity contribution in [1.82, 2.24) is 21.3 Å². The van der Waals surface area contributed by atoms with Gasteiger partial charge >= 0.3 is 0 Å². The largest absolute Gasteiger partial charge is 0.390 e. The molecule has 3 amide bonds. The summed E-state index contributed by atoms with van der Waals surface area (Å²) >= 11 is 0. The van der Waals surface area contributed by atoms with Crippen molar-refractivity contribution in [3.05, 3.63) is 0 Å². The van der Waals surface area contributed by atoms with E-state index in [1.807, 2.05) is 48.5 Å². The Bertz CT molecular complexity index is 715. The van der Waals surface area contributed by atoms with Crippen LogP contribution >= 0.6 is 0 Å². The number of aliphatic hydroxyl groups excluding tert-OH is 1. The molecule has 0 spiro atoms. The molecule has 9 heteroatoms. The SMILES string of the molecule is CC(C)CCNC(=O)[C@H](C)NC(=O)C[C@H](O)[C@H](CC(C)C)NC(=O)[C@@H](NCC(=O)C(C)(C)C)C(C)C. The fourth-order valence-electron chi connectivity index (χ4n) is 3.53. The van der Waals surface area contributed by atoms with Crippen LogP contribution < -0.4 is 21.3 Å². The topological polar surface area (TPSA) is 137 Å². The van der Waals surface area contributed by atoms with Gasteiger partial charge in [-0.3, -0.25) is 24.5 Å². The molecule has 0 aliphatic heterocycles. The lowest BCUT2D eigenvalue weighted by molar-refractivity contribution is -0.131. The van der Waals surface area contributed by atoms with E-state index in [0.29, 0.717) is 18.9 Å². The fourth-order valence-corrected chi connectivity index (χ4v) is 3.53. The van der Waals surface area contributed by atoms with Crippen LogP contribution in [-0.4, -0.2) is 65.9 Å². The Morgan fingerprint density at radius 1 is 0.833 bits per heavy atom. The maximum atomic E-state index is 13.1. The Hall–Kier alpha value is -2.00. The smallest absolute Gasteiger partial charge is 0.242 e. The van der Waals surface area contributed by atoms with Crippen molar-refractivity contribution in [1.29, 1.82) is 0 Å². The first-order valence-electron chi connectivity index (χ1n) is 13.3. The minimum atomic E-state index is -1.13. The molecule has 0 radical (unpaired) electrons. The van der Waals surface area contributed by atoms with E-state index in [1.165, 1.54) is 0 Å². The average molecular weight is 513 g/mol. The Morgan fingerprint density at radius 3 is 1.89 bits per heavy atom. The van der Waals surface area contributed by atoms with Crippen LogP contribution in [0.4, 0.5) is 0 Å². The van der Waals surface area contributed by atoms with Crippen LogP contribution in [0.1, 0.15) is 88.5 Å². The van der Waals surface area contributed by atoms with E-state index in [2.05, 4.69) is 35.1 Å². The summed E-state index contributed by atoms with van der Waals surface area (Å²) in [6, 6.07) is -2.01. The first-order valence-corrected chi connectivity index (χ1v) is 13.3. The molecule has 36 heavy (non-hydrogen) atoms. The van der Waals surface area contributed by atoms with Crippen molar-refractivity contribution in [3.8, 4) is 0 Å². The highest BCUT2D eigenvalue weighted by Gasteiger charge is 2.31. The Balaban J connectivity index is 5.11. The van der Waals surface area contributed by atoms with Gasteiger partial charge in [0, 0.05) is 12.0 Å². The maximum Gasteiger partial charge on any atom is 0.242 e. The van der Waals surface area contributed by atoms with Crippen molar-refractivity contribution >= 4 is 23.5 Å². The number of hydrogen-bond acceptors (Lipinski definition) is 6. The van der Waals surface area contributed by atoms with Gasteiger partial charge in [-0.05, 0) is 37.5 Å². The van der Waals surface area contributed by atoms with Gasteiger partial charge in [-0.2, -0.15) is 0 Å². The number of rotatable bonds is 16. The summed E-state index contributed by atoms with van der Waals surface area (Å²) in [5, 5.41) is 22.2. The van der Waals surface area contributed by atoms with E-state index < -0.39 is 35.6 Å². The van der Waals surface area contributed by atoms with Gasteiger partial charge in [-0.15, -0.1) is 0 Å². The number of amides is 3. The Labute approximate surface area is 218 Å². The van der Waals surface area contributed by atoms with E-state index >= 15 is 0 Å². The monoisotopic (exact) mass is 512 g/mol. The number of carbonyl (C=O) groups excluding carboxylic acids is 4. The summed E-state index contributed by atoms with van der Waals surface area (Å²) in [6.07, 6.45) is -0.0597. The van der Waals surface area contributed by atoms with Gasteiger partial charge in [0.2, 0.25) is 17.7 Å². The number of hydrogen-bond donors (Lipinski definition) is 5. The normalized spacial score (nSPS) is 15.4. The van der Waals surface area contributed by atoms with Gasteiger partial charge in [0.05, 0.1) is 31.2 Å². The van der Waals surface area contributed by atoms with Crippen LogP contribution in [-0.2, 0) is 19.2 Å². The van der Waals surface area contributed by atoms with Gasteiger partial charge in [0.15, 0.2) is 5.78 Å². The standard InChI is InChI=1S/C27H52N4O5/c1-16(2)11-12-28-25(35)19(7)30-23(34)14-21(32)20(13-17(3)4)31-26(36)24(18(5)6)29-15-22(33)27(8,9)10/h16-21,24,29,32H,11-15H2,1-10H3,(H,28,35)(H,30,34)(H,31,36)/t19-,20-,21-,24-/m0/s1. The predicted octanol–water partition coefficient (Wildman–Crippen LogP) is 2.16. The Morgan fingerprint density at radius 2 is 1.42 bits per heavy atom. The lowest BCUT2D eigenvalue weighted by Crippen LogP contribution is -2.55. The fraction of sp³-hybridized carbons (Fsp3) is 0.852. The predicted molar refractivity (Wildman–Crippen MR) is 143 cm³/mol. The van der Waals surface area contributed by atoms with Gasteiger partial charge in [0.25, 0.3) is 0 Å². The van der Waals surface area contributed by atoms with Crippen LogP contribution in [0.2, 0.25) is 0 Å². The molecular formula is C27H52N4O5. The zero-order valence-corrected chi connectivity index (χ0v) is 24.2. The number of ketones is 1. The lowest BCUT2D eigenvalue weighted by atomic mass is 9.90. The molecule has 210 valence electrons. The molecule has 0 heterocycles. The third-order valence-electron chi connectivity index (χ3n) is 5.97. The molecule has 0 saturated heterocycles. The van der Waals surface area contributed by atoms with Crippen LogP contribution in [0, 0.1) is 23.2 Å². The molecule has 0 fully saturated rings. The van der Waals surface area contributed by atoms with Crippen molar-refractivity contribution in [2.24, 2.45) is 23.2 Å². The number of aliphatic hydroxyl groups is 1. The van der Waals surface area contributed by atoms with Crippen LogP contribution in [0.5, 0.6) is 0 Å². The highest BCUT2D eigenvalue weighted by atomic mass is 16.3. The molecule has 0 rings (SSSR count). The molecule has 4 atom stereocenters. The van der Waals surface area contributed by atoms with Gasteiger partial charge in [-0.25, -0.2) is 0 Å². The molecule has 0 unspecified atom stereocenters. The minimum Gasteiger partial charge on any atom is -0.390 e. The molecular weight excluding hydrogens is 460 g/mol. The number of Topliss-reactive ketones (excluding diaryl/α,β-unsaturated/α-hetero) is 1. The van der Waals surface area contributed by atoms with E-state index in [0.717, 1.165) is 6.42 Å². The zero-order chi connectivity index (χ0) is 28.2. The molecule has 0 aromatic heterocycles. The summed E-state index contributed by atoms with van der Waals surface area (Å²) < 4.78 is 0. The maximum absolute atomic E-state index is 13.1. The molecule has 0 aromatic carbocycles. The third-order valence-corrected chi connectivity index (χ3v) is 5.97. The summed E-state index contributed by atoms with van der Waals surface area (Å²) in [7, 11) is 0. The van der Waals surface area contributed by atoms with Gasteiger partial charge < -0.3 is 21.1 Å². The summed E-state index contributed by atoms with van der Waals surface area (Å²) in [6.45, 7) is 19.5. The zero-order valence-electron chi connectivity index (χ0n) is 24.2. The second-order valence-corrected chi connectivity index (χ2v) is 12.1. The summed E-state index contributed by atoms with van der Waals surface area (Å²) in [5.74, 6) is -0.538. The molecule has 0 aliphatic rings. The van der Waals surface area contributed by atoms with Crippen molar-refractivity contribution in [2.45, 2.75) is 113 Å². The van der Waals surface area contributed by atoms with Crippen LogP contribution in [0.3, 0.4) is 0 Å². The van der Waals surface area contributed by atoms with E-state index in [9.17, 15) is 24.3 Å². The highest BCUT2D eigenvalue weighted by Crippen LogP contribution is 2.15. The molecule has 0 aliphatic carbocycles. The molecule has 0 bridgehead atoms. The molecule has 9 nitrogen and oxygen atoms in total. The first kappa shape index (κ1) is 34.0. The molecule has 0 saturated carbocycles. The lowest BCUT2D eigenvalue weighted by Gasteiger charge is -2.30. The van der Waals surface area contributed by atoms with Crippen molar-refractivity contribution in [2.75, 3.05) is 13.1 Å². The number of carbonyl (C=O) groups is 4. The number of nitrogens with one attached hydrogen (secondary N) is 4. The summed E-state index contributed by atoms with van der Waals surface area (Å²) in [4.78, 5) is 50.2. The molecule has 5 N–H and O–H groups in total. The quantitative estimate of drug-likeness (QED) is 0.215. The second kappa shape index (κ2) is 16.0. The van der Waals surface area contributed by atoms with Crippen molar-refractivity contribution in [3.63, 3.8) is 0 Å². The first-order chi connectivity index (χ1) is 16.4. The van der Waals surface area contributed by atoms with E-state index in [1.54, 1.807) is 6.92 Å². The molecule has 0 aromatic rings. The third kappa shape index (κ3) is 13.9. The van der Waals surface area contributed by atoms with Crippen LogP contribution in [0.15, 0.2) is 0 Å². The second-order valence-electron chi connectivity index (χ2n) is 12.1. The summed E-state index contributed by atoms with van der Waals surface area (Å²) in [5.41, 5.74) is -0.517.